The predicted molar refractivity (Wildman–Crippen MR) is 72.9 cm³/mol. The number of carboxylic acid groups (broad SMARTS) is 1. The van der Waals surface area contributed by atoms with Gasteiger partial charge in [0, 0.05) is 11.7 Å². The van der Waals surface area contributed by atoms with Crippen LogP contribution in [0, 0.1) is 24.2 Å². The Labute approximate surface area is 113 Å². The molecule has 0 atom stereocenters. The summed E-state index contributed by atoms with van der Waals surface area (Å²) in [7, 11) is 0. The van der Waals surface area contributed by atoms with E-state index in [1.807, 2.05) is 25.1 Å². The van der Waals surface area contributed by atoms with Gasteiger partial charge in [0.25, 0.3) is 0 Å². The van der Waals surface area contributed by atoms with Gasteiger partial charge in [-0.05, 0) is 56.4 Å². The molecule has 1 aliphatic carbocycles. The summed E-state index contributed by atoms with van der Waals surface area (Å²) in [6.07, 6.45) is 3.19. The Kier molecular flexibility index (Phi) is 4.06. The number of anilines is 1. The number of hydrogen-bond acceptors (Lipinski definition) is 3. The van der Waals surface area contributed by atoms with Gasteiger partial charge in [-0.1, -0.05) is 0 Å². The second-order valence-electron chi connectivity index (χ2n) is 5.23. The second kappa shape index (κ2) is 5.75. The van der Waals surface area contributed by atoms with Gasteiger partial charge in [-0.2, -0.15) is 5.26 Å². The van der Waals surface area contributed by atoms with Gasteiger partial charge in [-0.15, -0.1) is 0 Å². The topological polar surface area (TPSA) is 73.1 Å². The van der Waals surface area contributed by atoms with E-state index in [0.717, 1.165) is 36.9 Å². The van der Waals surface area contributed by atoms with Crippen molar-refractivity contribution in [3.05, 3.63) is 29.3 Å². The monoisotopic (exact) mass is 258 g/mol. The average molecular weight is 258 g/mol. The van der Waals surface area contributed by atoms with Gasteiger partial charge in [-0.25, -0.2) is 0 Å². The Morgan fingerprint density at radius 3 is 2.58 bits per heavy atom. The maximum Gasteiger partial charge on any atom is 0.306 e. The molecule has 1 aliphatic rings. The van der Waals surface area contributed by atoms with Crippen LogP contribution in [0.4, 0.5) is 5.69 Å². The Morgan fingerprint density at radius 2 is 2.00 bits per heavy atom. The molecule has 1 fully saturated rings. The summed E-state index contributed by atoms with van der Waals surface area (Å²) >= 11 is 0. The van der Waals surface area contributed by atoms with Crippen LogP contribution in [0.15, 0.2) is 18.2 Å². The van der Waals surface area contributed by atoms with E-state index in [1.165, 1.54) is 0 Å². The van der Waals surface area contributed by atoms with Crippen LogP contribution in [0.1, 0.15) is 36.8 Å². The van der Waals surface area contributed by atoms with Crippen LogP contribution in [-0.4, -0.2) is 17.1 Å². The van der Waals surface area contributed by atoms with Gasteiger partial charge in [0.05, 0.1) is 17.6 Å². The summed E-state index contributed by atoms with van der Waals surface area (Å²) in [5.74, 6) is -0.869. The minimum atomic E-state index is -0.680. The van der Waals surface area contributed by atoms with Gasteiger partial charge in [-0.3, -0.25) is 4.79 Å². The summed E-state index contributed by atoms with van der Waals surface area (Å²) in [4.78, 5) is 10.9. The molecule has 0 spiro atoms. The van der Waals surface area contributed by atoms with Crippen LogP contribution in [0.3, 0.4) is 0 Å². The predicted octanol–water partition coefficient (Wildman–Crippen LogP) is 2.92. The highest BCUT2D eigenvalue weighted by Gasteiger charge is 2.25. The molecule has 1 aromatic rings. The standard InChI is InChI=1S/C15H18N2O2/c1-10-6-11(9-16)8-14(7-10)17-13-4-2-12(3-5-13)15(18)19/h6-8,12-13,17H,2-5H2,1H3,(H,18,19). The van der Waals surface area contributed by atoms with Gasteiger partial charge in [0.15, 0.2) is 0 Å². The zero-order chi connectivity index (χ0) is 13.8. The third-order valence-electron chi connectivity index (χ3n) is 3.65. The second-order valence-corrected chi connectivity index (χ2v) is 5.23. The summed E-state index contributed by atoms with van der Waals surface area (Å²) in [6.45, 7) is 1.97. The van der Waals surface area contributed by atoms with Crippen LogP contribution in [0.25, 0.3) is 0 Å². The van der Waals surface area contributed by atoms with Crippen molar-refractivity contribution >= 4 is 11.7 Å². The number of rotatable bonds is 3. The first-order valence-electron chi connectivity index (χ1n) is 6.59. The molecule has 2 rings (SSSR count). The largest absolute Gasteiger partial charge is 0.481 e. The van der Waals surface area contributed by atoms with Crippen LogP contribution in [0.2, 0.25) is 0 Å². The van der Waals surface area contributed by atoms with E-state index in [4.69, 9.17) is 10.4 Å². The molecular weight excluding hydrogens is 240 g/mol. The smallest absolute Gasteiger partial charge is 0.306 e. The van der Waals surface area contributed by atoms with Crippen molar-refractivity contribution in [1.29, 1.82) is 5.26 Å². The first kappa shape index (κ1) is 13.4. The SMILES string of the molecule is Cc1cc(C#N)cc(NC2CCC(C(=O)O)CC2)c1. The van der Waals surface area contributed by atoms with Gasteiger partial charge in [0.1, 0.15) is 0 Å². The highest BCUT2D eigenvalue weighted by molar-refractivity contribution is 5.70. The number of carbonyl (C=O) groups is 1. The van der Waals surface area contributed by atoms with Crippen LogP contribution in [0.5, 0.6) is 0 Å². The lowest BCUT2D eigenvalue weighted by Crippen LogP contribution is -2.29. The molecule has 0 saturated heterocycles. The number of nitrogens with one attached hydrogen (secondary N) is 1. The lowest BCUT2D eigenvalue weighted by Gasteiger charge is -2.27. The third-order valence-corrected chi connectivity index (χ3v) is 3.65. The fraction of sp³-hybridized carbons (Fsp3) is 0.467. The number of hydrogen-bond donors (Lipinski definition) is 2. The maximum absolute atomic E-state index is 10.9. The average Bonchev–Trinajstić information content (AvgIpc) is 2.38. The lowest BCUT2D eigenvalue weighted by molar-refractivity contribution is -0.142. The molecule has 0 bridgehead atoms. The van der Waals surface area contributed by atoms with E-state index >= 15 is 0 Å². The summed E-state index contributed by atoms with van der Waals surface area (Å²) in [5.41, 5.74) is 2.66. The Hall–Kier alpha value is -2.02. The molecule has 19 heavy (non-hydrogen) atoms. The normalized spacial score (nSPS) is 22.5. The Balaban J connectivity index is 1.98. The molecule has 0 unspecified atom stereocenters. The molecule has 0 aliphatic heterocycles. The zero-order valence-electron chi connectivity index (χ0n) is 11.0. The molecule has 2 N–H and O–H groups in total. The molecule has 0 aromatic heterocycles. The molecule has 1 aromatic carbocycles. The van der Waals surface area contributed by atoms with E-state index < -0.39 is 5.97 Å². The molecule has 0 radical (unpaired) electrons. The van der Waals surface area contributed by atoms with Crippen LogP contribution in [-0.2, 0) is 4.79 Å². The Bertz CT molecular complexity index is 511. The fourth-order valence-electron chi connectivity index (χ4n) is 2.65. The number of aryl methyl sites for hydroxylation is 1. The van der Waals surface area contributed by atoms with E-state index in [2.05, 4.69) is 11.4 Å². The van der Waals surface area contributed by atoms with E-state index in [1.54, 1.807) is 0 Å². The fourth-order valence-corrected chi connectivity index (χ4v) is 2.65. The van der Waals surface area contributed by atoms with E-state index in [0.29, 0.717) is 11.6 Å². The molecule has 4 heteroatoms. The number of carboxylic acids is 1. The van der Waals surface area contributed by atoms with E-state index in [-0.39, 0.29) is 5.92 Å². The maximum atomic E-state index is 10.9. The van der Waals surface area contributed by atoms with Crippen molar-refractivity contribution in [1.82, 2.24) is 0 Å². The van der Waals surface area contributed by atoms with Crippen LogP contribution < -0.4 is 5.32 Å². The first-order chi connectivity index (χ1) is 9.08. The molecular formula is C15H18N2O2. The van der Waals surface area contributed by atoms with Crippen molar-refractivity contribution in [3.63, 3.8) is 0 Å². The lowest BCUT2D eigenvalue weighted by atomic mass is 9.86. The minimum Gasteiger partial charge on any atom is -0.481 e. The van der Waals surface area contributed by atoms with E-state index in [9.17, 15) is 4.79 Å². The summed E-state index contributed by atoms with van der Waals surface area (Å²) in [6, 6.07) is 8.17. The number of benzene rings is 1. The number of aliphatic carboxylic acids is 1. The van der Waals surface area contributed by atoms with Gasteiger partial charge < -0.3 is 10.4 Å². The van der Waals surface area contributed by atoms with Gasteiger partial charge >= 0.3 is 5.97 Å². The Morgan fingerprint density at radius 1 is 1.32 bits per heavy atom. The number of nitrogens with zero attached hydrogens (tertiary/aromatic N) is 1. The van der Waals surface area contributed by atoms with Crippen molar-refractivity contribution in [2.45, 2.75) is 38.6 Å². The highest BCUT2D eigenvalue weighted by Crippen LogP contribution is 2.27. The molecule has 1 saturated carbocycles. The van der Waals surface area contributed by atoms with Crippen molar-refractivity contribution < 1.29 is 9.90 Å². The zero-order valence-corrected chi connectivity index (χ0v) is 11.0. The molecule has 0 heterocycles. The van der Waals surface area contributed by atoms with Crippen molar-refractivity contribution in [3.8, 4) is 6.07 Å². The quantitative estimate of drug-likeness (QED) is 0.874. The number of nitriles is 1. The minimum absolute atomic E-state index is 0.190. The molecule has 0 amide bonds. The molecule has 100 valence electrons. The molecule has 4 nitrogen and oxygen atoms in total. The highest BCUT2D eigenvalue weighted by atomic mass is 16.4. The van der Waals surface area contributed by atoms with Crippen LogP contribution >= 0.6 is 0 Å². The summed E-state index contributed by atoms with van der Waals surface area (Å²) in [5, 5.41) is 21.3. The van der Waals surface area contributed by atoms with Crippen molar-refractivity contribution in [2.75, 3.05) is 5.32 Å². The third kappa shape index (κ3) is 3.47. The van der Waals surface area contributed by atoms with Gasteiger partial charge in [0.2, 0.25) is 0 Å². The summed E-state index contributed by atoms with van der Waals surface area (Å²) < 4.78 is 0. The van der Waals surface area contributed by atoms with Crippen molar-refractivity contribution in [2.24, 2.45) is 5.92 Å². The first-order valence-corrected chi connectivity index (χ1v) is 6.59.